The van der Waals surface area contributed by atoms with Crippen molar-refractivity contribution in [1.29, 1.82) is 0 Å². The van der Waals surface area contributed by atoms with Crippen LogP contribution in [0, 0.1) is 5.82 Å². The highest BCUT2D eigenvalue weighted by Gasteiger charge is 2.31. The number of piperazine rings is 1. The fourth-order valence-electron chi connectivity index (χ4n) is 2.99. The van der Waals surface area contributed by atoms with E-state index in [2.05, 4.69) is 10.1 Å². The van der Waals surface area contributed by atoms with E-state index in [0.29, 0.717) is 37.3 Å². The van der Waals surface area contributed by atoms with Gasteiger partial charge in [-0.25, -0.2) is 9.18 Å². The number of carbonyl (C=O) groups excluding carboxylic acids is 1. The monoisotopic (exact) mass is 441 g/mol. The average Bonchev–Trinajstić information content (AvgIpc) is 2.74. The molecule has 3 rings (SSSR count). The van der Waals surface area contributed by atoms with Gasteiger partial charge in [0.05, 0.1) is 29.9 Å². The van der Waals surface area contributed by atoms with Crippen molar-refractivity contribution in [1.82, 2.24) is 9.62 Å². The highest BCUT2D eigenvalue weighted by molar-refractivity contribution is 7.90. The van der Waals surface area contributed by atoms with Crippen LogP contribution in [0.5, 0.6) is 0 Å². The average molecular weight is 442 g/mol. The SMILES string of the molecule is COC(=O)c1ccc(CN(c2ccc(F)c(Cl)c2)S(=O)(=O)N2CCNCC2)cc1. The number of esters is 1. The second kappa shape index (κ2) is 9.08. The molecule has 7 nitrogen and oxygen atoms in total. The van der Waals surface area contributed by atoms with Gasteiger partial charge >= 0.3 is 16.2 Å². The summed E-state index contributed by atoms with van der Waals surface area (Å²) in [5.41, 5.74) is 1.27. The molecule has 1 aliphatic heterocycles. The predicted octanol–water partition coefficient (Wildman–Crippen LogP) is 2.42. The normalized spacial score (nSPS) is 15.1. The van der Waals surface area contributed by atoms with Gasteiger partial charge in [-0.3, -0.25) is 4.31 Å². The van der Waals surface area contributed by atoms with Crippen LogP contribution < -0.4 is 9.62 Å². The first-order valence-corrected chi connectivity index (χ1v) is 10.7. The van der Waals surface area contributed by atoms with E-state index in [1.165, 1.54) is 27.9 Å². The number of halogens is 2. The van der Waals surface area contributed by atoms with Crippen LogP contribution >= 0.6 is 11.6 Å². The number of ether oxygens (including phenoxy) is 1. The molecule has 1 fully saturated rings. The fourth-order valence-corrected chi connectivity index (χ4v) is 4.78. The minimum absolute atomic E-state index is 0.00429. The second-order valence-electron chi connectivity index (χ2n) is 6.45. The van der Waals surface area contributed by atoms with Gasteiger partial charge in [0.25, 0.3) is 0 Å². The number of benzene rings is 2. The summed E-state index contributed by atoms with van der Waals surface area (Å²) in [5, 5.41) is 2.95. The first kappa shape index (κ1) is 21.5. The predicted molar refractivity (Wildman–Crippen MR) is 109 cm³/mol. The molecule has 10 heteroatoms. The van der Waals surface area contributed by atoms with E-state index in [-0.39, 0.29) is 17.3 Å². The van der Waals surface area contributed by atoms with E-state index in [4.69, 9.17) is 11.6 Å². The summed E-state index contributed by atoms with van der Waals surface area (Å²) < 4.78 is 47.5. The molecule has 0 bridgehead atoms. The van der Waals surface area contributed by atoms with Crippen molar-refractivity contribution in [2.45, 2.75) is 6.54 Å². The maximum absolute atomic E-state index is 13.6. The molecule has 0 aliphatic carbocycles. The van der Waals surface area contributed by atoms with Crippen molar-refractivity contribution < 1.29 is 22.3 Å². The molecule has 0 unspecified atom stereocenters. The van der Waals surface area contributed by atoms with E-state index in [9.17, 15) is 17.6 Å². The summed E-state index contributed by atoms with van der Waals surface area (Å²) in [6.45, 7) is 1.75. The Morgan fingerprint density at radius 2 is 1.86 bits per heavy atom. The number of nitrogens with one attached hydrogen (secondary N) is 1. The number of methoxy groups -OCH3 is 1. The quantitative estimate of drug-likeness (QED) is 0.696. The Labute approximate surface area is 174 Å². The maximum Gasteiger partial charge on any atom is 0.337 e. The van der Waals surface area contributed by atoms with Crippen LogP contribution in [-0.4, -0.2) is 52.0 Å². The summed E-state index contributed by atoms with van der Waals surface area (Å²) in [6.07, 6.45) is 0. The van der Waals surface area contributed by atoms with Gasteiger partial charge in [-0.2, -0.15) is 12.7 Å². The third-order valence-corrected chi connectivity index (χ3v) is 6.78. The molecule has 1 N–H and O–H groups in total. The van der Waals surface area contributed by atoms with Gasteiger partial charge in [0, 0.05) is 26.2 Å². The van der Waals surface area contributed by atoms with Crippen molar-refractivity contribution in [3.8, 4) is 0 Å². The highest BCUT2D eigenvalue weighted by Crippen LogP contribution is 2.28. The Hall–Kier alpha value is -2.20. The topological polar surface area (TPSA) is 79.0 Å². The third kappa shape index (κ3) is 4.87. The van der Waals surface area contributed by atoms with Gasteiger partial charge in [0.15, 0.2) is 0 Å². The van der Waals surface area contributed by atoms with Crippen molar-refractivity contribution in [3.63, 3.8) is 0 Å². The van der Waals surface area contributed by atoms with Crippen LogP contribution in [0.25, 0.3) is 0 Å². The molecule has 1 aliphatic rings. The molecule has 0 aromatic heterocycles. The third-order valence-electron chi connectivity index (χ3n) is 4.57. The first-order valence-electron chi connectivity index (χ1n) is 8.94. The van der Waals surface area contributed by atoms with Crippen LogP contribution in [0.15, 0.2) is 42.5 Å². The molecule has 29 heavy (non-hydrogen) atoms. The lowest BCUT2D eigenvalue weighted by Gasteiger charge is -2.33. The molecule has 0 spiro atoms. The van der Waals surface area contributed by atoms with Crippen molar-refractivity contribution in [2.75, 3.05) is 37.6 Å². The zero-order chi connectivity index (χ0) is 21.0. The van der Waals surface area contributed by atoms with Crippen molar-refractivity contribution in [2.24, 2.45) is 0 Å². The Bertz CT molecular complexity index is 979. The van der Waals surface area contributed by atoms with E-state index in [0.717, 1.165) is 6.07 Å². The molecule has 1 heterocycles. The number of carbonyl (C=O) groups is 1. The molecule has 2 aromatic rings. The summed E-state index contributed by atoms with van der Waals surface area (Å²) in [7, 11) is -2.59. The molecule has 0 saturated carbocycles. The second-order valence-corrected chi connectivity index (χ2v) is 8.71. The van der Waals surface area contributed by atoms with Crippen LogP contribution in [0.3, 0.4) is 0 Å². The van der Waals surface area contributed by atoms with Gasteiger partial charge in [-0.05, 0) is 35.9 Å². The van der Waals surface area contributed by atoms with E-state index in [1.54, 1.807) is 24.3 Å². The molecule has 1 saturated heterocycles. The van der Waals surface area contributed by atoms with Crippen LogP contribution in [0.4, 0.5) is 10.1 Å². The minimum atomic E-state index is -3.88. The van der Waals surface area contributed by atoms with Gasteiger partial charge in [-0.15, -0.1) is 0 Å². The van der Waals surface area contributed by atoms with Gasteiger partial charge < -0.3 is 10.1 Å². The lowest BCUT2D eigenvalue weighted by molar-refractivity contribution is 0.0600. The summed E-state index contributed by atoms with van der Waals surface area (Å²) in [6, 6.07) is 10.2. The molecule has 0 amide bonds. The zero-order valence-corrected chi connectivity index (χ0v) is 17.3. The lowest BCUT2D eigenvalue weighted by atomic mass is 10.1. The van der Waals surface area contributed by atoms with Crippen LogP contribution in [0.2, 0.25) is 5.02 Å². The van der Waals surface area contributed by atoms with Gasteiger partial charge in [0.1, 0.15) is 5.82 Å². The van der Waals surface area contributed by atoms with Crippen molar-refractivity contribution in [3.05, 3.63) is 64.4 Å². The summed E-state index contributed by atoms with van der Waals surface area (Å²) >= 11 is 5.90. The molecule has 2 aromatic carbocycles. The number of anilines is 1. The van der Waals surface area contributed by atoms with E-state index >= 15 is 0 Å². The highest BCUT2D eigenvalue weighted by atomic mass is 35.5. The Kier molecular flexibility index (Phi) is 6.74. The number of hydrogen-bond donors (Lipinski definition) is 1. The Morgan fingerprint density at radius 3 is 2.45 bits per heavy atom. The summed E-state index contributed by atoms with van der Waals surface area (Å²) in [4.78, 5) is 11.6. The minimum Gasteiger partial charge on any atom is -0.465 e. The number of rotatable bonds is 6. The number of hydrogen-bond acceptors (Lipinski definition) is 5. The molecular formula is C19H21ClFN3O4S. The zero-order valence-electron chi connectivity index (χ0n) is 15.8. The lowest BCUT2D eigenvalue weighted by Crippen LogP contribution is -2.51. The van der Waals surface area contributed by atoms with Gasteiger partial charge in [0.2, 0.25) is 0 Å². The number of nitrogens with zero attached hydrogens (tertiary/aromatic N) is 2. The van der Waals surface area contributed by atoms with Gasteiger partial charge in [-0.1, -0.05) is 23.7 Å². The molecule has 156 valence electrons. The maximum atomic E-state index is 13.6. The fraction of sp³-hybridized carbons (Fsp3) is 0.316. The smallest absolute Gasteiger partial charge is 0.337 e. The summed E-state index contributed by atoms with van der Waals surface area (Å²) in [5.74, 6) is -1.11. The van der Waals surface area contributed by atoms with Crippen molar-refractivity contribution >= 4 is 33.5 Å². The van der Waals surface area contributed by atoms with E-state index < -0.39 is 22.0 Å². The Morgan fingerprint density at radius 1 is 1.21 bits per heavy atom. The molecule has 0 radical (unpaired) electrons. The Balaban J connectivity index is 1.96. The molecule has 0 atom stereocenters. The van der Waals surface area contributed by atoms with Crippen LogP contribution in [0.1, 0.15) is 15.9 Å². The van der Waals surface area contributed by atoms with E-state index in [1.807, 2.05) is 0 Å². The molecular weight excluding hydrogens is 421 g/mol. The first-order chi connectivity index (χ1) is 13.8. The largest absolute Gasteiger partial charge is 0.465 e. The standard InChI is InChI=1S/C19H21ClFN3O4S/c1-28-19(25)15-4-2-14(3-5-15)13-24(16-6-7-18(21)17(20)12-16)29(26,27)23-10-8-22-9-11-23/h2-7,12,22H,8-11,13H2,1H3. The van der Waals surface area contributed by atoms with Crippen LogP contribution in [-0.2, 0) is 21.5 Å².